The smallest absolute Gasteiger partial charge is 0.424 e. The fourth-order valence-corrected chi connectivity index (χ4v) is 6.47. The zero-order valence-corrected chi connectivity index (χ0v) is 35.2. The molecule has 0 unspecified atom stereocenters. The Morgan fingerprint density at radius 2 is 1.57 bits per heavy atom. The van der Waals surface area contributed by atoms with E-state index in [0.717, 1.165) is 16.7 Å². The molecular weight excluding hydrogens is 800 g/mol. The second kappa shape index (κ2) is 18.6. The number of sulfone groups is 1. The number of anilines is 3. The highest BCUT2D eigenvalue weighted by Crippen LogP contribution is 2.35. The number of fused-ring (bicyclic) bond motifs is 1. The highest BCUT2D eigenvalue weighted by Gasteiger charge is 2.30. The van der Waals surface area contributed by atoms with Crippen molar-refractivity contribution in [3.63, 3.8) is 0 Å². The van der Waals surface area contributed by atoms with E-state index in [0.29, 0.717) is 22.5 Å². The summed E-state index contributed by atoms with van der Waals surface area (Å²) in [6.07, 6.45) is 0.949. The van der Waals surface area contributed by atoms with Crippen molar-refractivity contribution in [1.29, 1.82) is 0 Å². The van der Waals surface area contributed by atoms with Gasteiger partial charge in [-0.2, -0.15) is 4.98 Å². The Labute approximate surface area is 346 Å². The molecular formula is C42H47FN6O10S. The molecule has 2 heterocycles. The van der Waals surface area contributed by atoms with E-state index in [2.05, 4.69) is 20.7 Å². The first kappa shape index (κ1) is 44.5. The van der Waals surface area contributed by atoms with Crippen molar-refractivity contribution in [3.05, 3.63) is 96.4 Å². The molecule has 16 nitrogen and oxygen atoms in total. The summed E-state index contributed by atoms with van der Waals surface area (Å²) in [4.78, 5) is 57.7. The Kier molecular flexibility index (Phi) is 13.8. The Balaban J connectivity index is 1.38. The first-order valence-electron chi connectivity index (χ1n) is 18.8. The Morgan fingerprint density at radius 1 is 0.900 bits per heavy atom. The van der Waals surface area contributed by atoms with Gasteiger partial charge in [0.15, 0.2) is 15.5 Å². The molecule has 5 aromatic rings. The normalized spacial score (nSPS) is 12.6. The highest BCUT2D eigenvalue weighted by molar-refractivity contribution is 7.90. The number of rotatable bonds is 14. The molecule has 2 N–H and O–H groups in total. The first-order chi connectivity index (χ1) is 28.2. The maximum absolute atomic E-state index is 13.9. The fraction of sp³-hybridized carbons (Fsp3) is 0.333. The predicted octanol–water partition coefficient (Wildman–Crippen LogP) is 7.40. The zero-order chi connectivity index (χ0) is 43.9. The van der Waals surface area contributed by atoms with Crippen LogP contribution in [-0.4, -0.2) is 78.9 Å². The second-order valence-electron chi connectivity index (χ2n) is 15.2. The van der Waals surface area contributed by atoms with Crippen LogP contribution < -0.4 is 20.3 Å². The lowest BCUT2D eigenvalue weighted by Gasteiger charge is -2.24. The first-order valence-corrected chi connectivity index (χ1v) is 20.7. The number of esters is 1. The summed E-state index contributed by atoms with van der Waals surface area (Å²) in [5.41, 5.74) is 2.18. The van der Waals surface area contributed by atoms with E-state index in [1.807, 2.05) is 13.8 Å². The maximum Gasteiger partial charge on any atom is 0.424 e. The number of aromatic nitrogens is 3. The average molecular weight is 847 g/mol. The number of amides is 3. The minimum absolute atomic E-state index is 0.00742. The van der Waals surface area contributed by atoms with Gasteiger partial charge in [0, 0.05) is 29.8 Å². The molecule has 5 rings (SSSR count). The number of hydrogen-bond donors (Lipinski definition) is 2. The number of benzene rings is 3. The van der Waals surface area contributed by atoms with Crippen molar-refractivity contribution < 1.29 is 50.9 Å². The summed E-state index contributed by atoms with van der Waals surface area (Å²) in [5.74, 6) is -2.32. The molecule has 0 bridgehead atoms. The quantitative estimate of drug-likeness (QED) is 0.0831. The summed E-state index contributed by atoms with van der Waals surface area (Å²) in [7, 11) is -2.39. The molecule has 318 valence electrons. The molecule has 2 aromatic heterocycles. The van der Waals surface area contributed by atoms with Crippen LogP contribution in [0.15, 0.2) is 90.0 Å². The molecule has 3 aromatic carbocycles. The van der Waals surface area contributed by atoms with Crippen LogP contribution in [0.25, 0.3) is 16.8 Å². The summed E-state index contributed by atoms with van der Waals surface area (Å²) in [6.45, 7) is 9.59. The number of carbonyl (C=O) groups is 4. The molecule has 2 atom stereocenters. The molecule has 0 saturated heterocycles. The number of methoxy groups -OCH3 is 1. The second-order valence-corrected chi connectivity index (χ2v) is 17.2. The van der Waals surface area contributed by atoms with Crippen LogP contribution in [-0.2, 0) is 33.6 Å². The molecule has 0 saturated carbocycles. The number of nitrogens with zero attached hydrogens (tertiary/aromatic N) is 4. The van der Waals surface area contributed by atoms with Crippen LogP contribution in [0.3, 0.4) is 0 Å². The molecule has 0 aliphatic carbocycles. The SMILES string of the molecule is COc1cc(S(C)(=O)=O)ccc1N(C(=O)OCOC(=O)[C@H](CC(C)C)NC(=O)OC(C)(C)C)c1nc2ccc(-c3ccc(NC(=O)[C@H](C)c4ccc(F)cc4)cc3)cn2n1. The van der Waals surface area contributed by atoms with Gasteiger partial charge in [-0.3, -0.25) is 4.79 Å². The minimum Gasteiger partial charge on any atom is -0.495 e. The van der Waals surface area contributed by atoms with E-state index < -0.39 is 52.3 Å². The van der Waals surface area contributed by atoms with Gasteiger partial charge in [0.25, 0.3) is 5.95 Å². The molecule has 18 heteroatoms. The zero-order valence-electron chi connectivity index (χ0n) is 34.4. The molecule has 0 fully saturated rings. The Morgan fingerprint density at radius 3 is 2.18 bits per heavy atom. The van der Waals surface area contributed by atoms with Gasteiger partial charge < -0.3 is 29.6 Å². The van der Waals surface area contributed by atoms with E-state index in [9.17, 15) is 32.0 Å². The maximum atomic E-state index is 13.9. The van der Waals surface area contributed by atoms with Crippen molar-refractivity contribution in [1.82, 2.24) is 19.9 Å². The summed E-state index contributed by atoms with van der Waals surface area (Å²) in [5, 5.41) is 9.90. The summed E-state index contributed by atoms with van der Waals surface area (Å²) >= 11 is 0. The third-order valence-electron chi connectivity index (χ3n) is 8.84. The van der Waals surface area contributed by atoms with Crippen molar-refractivity contribution >= 4 is 56.9 Å². The lowest BCUT2D eigenvalue weighted by atomic mass is 10.00. The molecule has 0 aliphatic heterocycles. The van der Waals surface area contributed by atoms with Crippen molar-refractivity contribution in [2.45, 2.75) is 70.4 Å². The van der Waals surface area contributed by atoms with Gasteiger partial charge >= 0.3 is 18.2 Å². The lowest BCUT2D eigenvalue weighted by molar-refractivity contribution is -0.154. The molecule has 0 spiro atoms. The molecule has 0 aliphatic rings. The van der Waals surface area contributed by atoms with Crippen molar-refractivity contribution in [3.8, 4) is 16.9 Å². The van der Waals surface area contributed by atoms with E-state index in [-0.39, 0.29) is 46.3 Å². The van der Waals surface area contributed by atoms with E-state index in [1.54, 1.807) is 82.4 Å². The number of hydrogen-bond acceptors (Lipinski definition) is 12. The average Bonchev–Trinajstić information content (AvgIpc) is 3.59. The van der Waals surface area contributed by atoms with Crippen LogP contribution >= 0.6 is 0 Å². The largest absolute Gasteiger partial charge is 0.495 e. The number of carbonyl (C=O) groups excluding carboxylic acids is 4. The van der Waals surface area contributed by atoms with Crippen LogP contribution in [0.1, 0.15) is 59.4 Å². The third kappa shape index (κ3) is 11.6. The van der Waals surface area contributed by atoms with Gasteiger partial charge in [-0.1, -0.05) is 38.1 Å². The molecule has 60 heavy (non-hydrogen) atoms. The summed E-state index contributed by atoms with van der Waals surface area (Å²) < 4.78 is 60.9. The van der Waals surface area contributed by atoms with Gasteiger partial charge in [0.1, 0.15) is 23.2 Å². The van der Waals surface area contributed by atoms with Gasteiger partial charge in [0.05, 0.1) is 23.6 Å². The van der Waals surface area contributed by atoms with Gasteiger partial charge in [-0.25, -0.2) is 36.6 Å². The van der Waals surface area contributed by atoms with Crippen LogP contribution in [0.5, 0.6) is 5.75 Å². The predicted molar refractivity (Wildman–Crippen MR) is 220 cm³/mol. The minimum atomic E-state index is -3.68. The van der Waals surface area contributed by atoms with Gasteiger partial charge in [-0.05, 0) is 99.7 Å². The number of nitrogens with one attached hydrogen (secondary N) is 2. The van der Waals surface area contributed by atoms with E-state index in [4.69, 9.17) is 18.9 Å². The Bertz CT molecular complexity index is 2470. The van der Waals surface area contributed by atoms with Gasteiger partial charge in [-0.15, -0.1) is 5.10 Å². The van der Waals surface area contributed by atoms with Crippen molar-refractivity contribution in [2.24, 2.45) is 5.92 Å². The number of alkyl carbamates (subject to hydrolysis) is 1. The highest BCUT2D eigenvalue weighted by atomic mass is 32.2. The number of halogens is 1. The Hall–Kier alpha value is -6.56. The lowest BCUT2D eigenvalue weighted by Crippen LogP contribution is -2.45. The van der Waals surface area contributed by atoms with Crippen LogP contribution in [0.2, 0.25) is 0 Å². The van der Waals surface area contributed by atoms with Crippen LogP contribution in [0, 0.1) is 11.7 Å². The van der Waals surface area contributed by atoms with Gasteiger partial charge in [0.2, 0.25) is 12.7 Å². The number of pyridine rings is 1. The monoisotopic (exact) mass is 846 g/mol. The summed E-state index contributed by atoms with van der Waals surface area (Å²) in [6, 6.07) is 19.0. The third-order valence-corrected chi connectivity index (χ3v) is 9.95. The van der Waals surface area contributed by atoms with Crippen LogP contribution in [0.4, 0.5) is 31.3 Å². The number of ether oxygens (including phenoxy) is 4. The van der Waals surface area contributed by atoms with E-state index in [1.165, 1.54) is 42.0 Å². The topological polar surface area (TPSA) is 197 Å². The standard InChI is InChI=1S/C42H47FN6O10S/c1-25(2)21-33(45-40(52)59-42(4,5)6)38(51)57-24-58-41(53)49(34-19-18-32(60(8,54)55)22-35(34)56-7)39-46-36-20-13-29(23-48(36)47-39)28-11-16-31(17-12-28)44-37(50)26(3)27-9-14-30(43)15-10-27/h9-20,22-23,25-26,33H,21,24H2,1-8H3,(H,44,50)(H,45,52)/t26-,33+/m1/s1. The molecule has 3 amide bonds. The molecule has 0 radical (unpaired) electrons. The fourth-order valence-electron chi connectivity index (χ4n) is 5.84. The van der Waals surface area contributed by atoms with E-state index >= 15 is 0 Å². The van der Waals surface area contributed by atoms with Crippen molar-refractivity contribution in [2.75, 3.05) is 30.4 Å².